The van der Waals surface area contributed by atoms with Crippen molar-refractivity contribution in [1.82, 2.24) is 15.2 Å². The average molecular weight is 740 g/mol. The zero-order valence-electron chi connectivity index (χ0n) is 28.5. The highest BCUT2D eigenvalue weighted by atomic mass is 19.4. The predicted molar refractivity (Wildman–Crippen MR) is 176 cm³/mol. The molecular formula is C35H39F6N5O6. The van der Waals surface area contributed by atoms with Gasteiger partial charge in [-0.05, 0) is 69.0 Å². The Hall–Kier alpha value is -4.90. The molecule has 3 aromatic rings. The summed E-state index contributed by atoms with van der Waals surface area (Å²) in [6, 6.07) is 8.41. The quantitative estimate of drug-likeness (QED) is 0.209. The van der Waals surface area contributed by atoms with Crippen molar-refractivity contribution < 1.29 is 54.9 Å². The molecule has 282 valence electrons. The fourth-order valence-electron chi connectivity index (χ4n) is 5.45. The summed E-state index contributed by atoms with van der Waals surface area (Å²) in [7, 11) is 0. The van der Waals surface area contributed by atoms with Gasteiger partial charge >= 0.3 is 18.4 Å². The van der Waals surface area contributed by atoms with Crippen molar-refractivity contribution in [3.8, 4) is 0 Å². The highest BCUT2D eigenvalue weighted by Crippen LogP contribution is 2.30. The first-order valence-corrected chi connectivity index (χ1v) is 16.2. The van der Waals surface area contributed by atoms with Crippen LogP contribution in [0.15, 0.2) is 60.9 Å². The minimum Gasteiger partial charge on any atom is -0.447 e. The van der Waals surface area contributed by atoms with Crippen LogP contribution in [0.25, 0.3) is 0 Å². The molecule has 1 aliphatic heterocycles. The number of halogens is 6. The number of ether oxygens (including phenoxy) is 3. The number of aromatic nitrogens is 1. The summed E-state index contributed by atoms with van der Waals surface area (Å²) in [6.45, 7) is 2.50. The second-order valence-electron chi connectivity index (χ2n) is 13.1. The van der Waals surface area contributed by atoms with E-state index in [-0.39, 0.29) is 37.2 Å². The van der Waals surface area contributed by atoms with E-state index >= 15 is 4.39 Å². The normalized spacial score (nSPS) is 17.0. The lowest BCUT2D eigenvalue weighted by atomic mass is 9.85. The number of morpholine rings is 1. The van der Waals surface area contributed by atoms with E-state index in [1.54, 1.807) is 26.1 Å². The van der Waals surface area contributed by atoms with E-state index in [1.807, 2.05) is 0 Å². The lowest BCUT2D eigenvalue weighted by molar-refractivity contribution is -0.124. The molecule has 0 aliphatic carbocycles. The molecular weight excluding hydrogens is 700 g/mol. The van der Waals surface area contributed by atoms with Crippen LogP contribution in [0.3, 0.4) is 0 Å². The number of rotatable bonds is 11. The molecule has 1 unspecified atom stereocenters. The lowest BCUT2D eigenvalue weighted by Crippen LogP contribution is -2.55. The fourth-order valence-corrected chi connectivity index (χ4v) is 5.45. The number of amides is 3. The van der Waals surface area contributed by atoms with Crippen LogP contribution in [-0.2, 0) is 25.4 Å². The number of benzene rings is 2. The van der Waals surface area contributed by atoms with Crippen LogP contribution in [0.4, 0.5) is 41.6 Å². The van der Waals surface area contributed by atoms with E-state index in [0.29, 0.717) is 11.1 Å². The molecule has 3 atom stereocenters. The van der Waals surface area contributed by atoms with Gasteiger partial charge < -0.3 is 30.6 Å². The maximum absolute atomic E-state index is 15.2. The van der Waals surface area contributed by atoms with Crippen LogP contribution in [0.2, 0.25) is 0 Å². The SMILES string of the molecule is CC(C)(C)OC(=O)N1C[C@@H](CCc2c(F)cncc2NC(=O)C(N)C(c2ccc(F)cc2)c2ccc(F)cc2)OC[C@H]1COC(=O)NCC(F)(F)F. The fraction of sp³-hybridized carbons (Fsp3) is 0.429. The highest BCUT2D eigenvalue weighted by Gasteiger charge is 2.37. The van der Waals surface area contributed by atoms with E-state index < -0.39 is 84.6 Å². The van der Waals surface area contributed by atoms with Crippen LogP contribution in [0, 0.1) is 17.5 Å². The molecule has 3 amide bonds. The van der Waals surface area contributed by atoms with E-state index in [9.17, 15) is 36.3 Å². The molecule has 0 bridgehead atoms. The van der Waals surface area contributed by atoms with Gasteiger partial charge in [0, 0.05) is 11.5 Å². The molecule has 11 nitrogen and oxygen atoms in total. The molecule has 4 N–H and O–H groups in total. The second kappa shape index (κ2) is 17.1. The number of nitrogens with one attached hydrogen (secondary N) is 2. The van der Waals surface area contributed by atoms with E-state index in [0.717, 1.165) is 6.20 Å². The Morgan fingerprint density at radius 3 is 2.13 bits per heavy atom. The van der Waals surface area contributed by atoms with Gasteiger partial charge in [-0.1, -0.05) is 24.3 Å². The largest absolute Gasteiger partial charge is 0.447 e. The molecule has 1 fully saturated rings. The molecule has 0 spiro atoms. The monoisotopic (exact) mass is 739 g/mol. The molecule has 2 aromatic carbocycles. The van der Waals surface area contributed by atoms with Gasteiger partial charge in [0.25, 0.3) is 0 Å². The molecule has 1 aliphatic rings. The molecule has 1 aromatic heterocycles. The first-order chi connectivity index (χ1) is 24.4. The smallest absolute Gasteiger partial charge is 0.410 e. The Kier molecular flexibility index (Phi) is 13.1. The average Bonchev–Trinajstić information content (AvgIpc) is 3.07. The van der Waals surface area contributed by atoms with Crippen molar-refractivity contribution in [1.29, 1.82) is 0 Å². The Morgan fingerprint density at radius 2 is 1.58 bits per heavy atom. The first kappa shape index (κ1) is 39.9. The van der Waals surface area contributed by atoms with Gasteiger partial charge in [-0.15, -0.1) is 0 Å². The summed E-state index contributed by atoms with van der Waals surface area (Å²) < 4.78 is 96.3. The summed E-state index contributed by atoms with van der Waals surface area (Å²) in [5, 5.41) is 4.21. The third-order valence-corrected chi connectivity index (χ3v) is 7.93. The number of nitrogens with zero attached hydrogens (tertiary/aromatic N) is 2. The summed E-state index contributed by atoms with van der Waals surface area (Å²) >= 11 is 0. The minimum absolute atomic E-state index is 0.00775. The Labute approximate surface area is 295 Å². The third kappa shape index (κ3) is 11.6. The van der Waals surface area contributed by atoms with E-state index in [1.165, 1.54) is 59.6 Å². The van der Waals surface area contributed by atoms with Gasteiger partial charge in [0.05, 0.1) is 49.4 Å². The van der Waals surface area contributed by atoms with Crippen LogP contribution >= 0.6 is 0 Å². The van der Waals surface area contributed by atoms with Gasteiger partial charge in [-0.3, -0.25) is 14.7 Å². The third-order valence-electron chi connectivity index (χ3n) is 7.93. The molecule has 1 saturated heterocycles. The molecule has 0 radical (unpaired) electrons. The number of pyridine rings is 1. The van der Waals surface area contributed by atoms with Crippen molar-refractivity contribution in [3.05, 3.63) is 95.1 Å². The van der Waals surface area contributed by atoms with Crippen LogP contribution < -0.4 is 16.4 Å². The molecule has 2 heterocycles. The van der Waals surface area contributed by atoms with Crippen molar-refractivity contribution in [2.24, 2.45) is 5.73 Å². The van der Waals surface area contributed by atoms with E-state index in [2.05, 4.69) is 10.3 Å². The number of carbonyl (C=O) groups is 3. The number of hydrogen-bond acceptors (Lipinski definition) is 8. The zero-order chi connectivity index (χ0) is 38.2. The standard InChI is InChI=1S/C35H39F6N5O6/c1-34(2,3)52-33(49)46-16-25(50-17-24(46)18-51-32(48)44-19-35(39,40)41)12-13-26-27(38)14-43-15-28(26)45-31(47)30(42)29(20-4-8-22(36)9-5-20)21-6-10-23(37)11-7-21/h4-11,14-15,24-25,29-30H,12-13,16-19,42H2,1-3H3,(H,44,48)(H,45,47)/t24-,25+,30?/m0/s1. The molecule has 52 heavy (non-hydrogen) atoms. The summed E-state index contributed by atoms with van der Waals surface area (Å²) in [6.07, 6.45) is -5.21. The minimum atomic E-state index is -4.65. The number of nitrogens with two attached hydrogens (primary N) is 1. The number of hydrogen-bond donors (Lipinski definition) is 3. The number of alkyl halides is 3. The van der Waals surface area contributed by atoms with Crippen molar-refractivity contribution in [2.75, 3.05) is 31.6 Å². The van der Waals surface area contributed by atoms with Crippen molar-refractivity contribution >= 4 is 23.8 Å². The Balaban J connectivity index is 1.46. The zero-order valence-corrected chi connectivity index (χ0v) is 28.5. The van der Waals surface area contributed by atoms with Crippen molar-refractivity contribution in [3.63, 3.8) is 0 Å². The first-order valence-electron chi connectivity index (χ1n) is 16.2. The summed E-state index contributed by atoms with van der Waals surface area (Å²) in [5.74, 6) is -3.35. The Bertz CT molecular complexity index is 1640. The summed E-state index contributed by atoms with van der Waals surface area (Å²) in [4.78, 5) is 43.6. The number of carbonyl (C=O) groups excluding carboxylic acids is 3. The predicted octanol–water partition coefficient (Wildman–Crippen LogP) is 5.82. The van der Waals surface area contributed by atoms with Gasteiger partial charge in [0.2, 0.25) is 5.91 Å². The maximum Gasteiger partial charge on any atom is 0.410 e. The van der Waals surface area contributed by atoms with Crippen LogP contribution in [0.1, 0.15) is 49.8 Å². The topological polar surface area (TPSA) is 145 Å². The number of anilines is 1. The summed E-state index contributed by atoms with van der Waals surface area (Å²) in [5.41, 5.74) is 6.53. The van der Waals surface area contributed by atoms with Gasteiger partial charge in [-0.25, -0.2) is 22.8 Å². The second-order valence-corrected chi connectivity index (χ2v) is 13.1. The maximum atomic E-state index is 15.2. The van der Waals surface area contributed by atoms with E-state index in [4.69, 9.17) is 19.9 Å². The van der Waals surface area contributed by atoms with Gasteiger partial charge in [-0.2, -0.15) is 13.2 Å². The Morgan fingerprint density at radius 1 is 0.981 bits per heavy atom. The van der Waals surface area contributed by atoms with Crippen LogP contribution in [0.5, 0.6) is 0 Å². The molecule has 17 heteroatoms. The van der Waals surface area contributed by atoms with Crippen molar-refractivity contribution in [2.45, 2.75) is 69.5 Å². The molecule has 4 rings (SSSR count). The van der Waals surface area contributed by atoms with Crippen LogP contribution in [-0.4, -0.2) is 84.2 Å². The number of alkyl carbamates (subject to hydrolysis) is 1. The van der Waals surface area contributed by atoms with Gasteiger partial charge in [0.1, 0.15) is 36.2 Å². The highest BCUT2D eigenvalue weighted by molar-refractivity contribution is 5.96. The lowest BCUT2D eigenvalue weighted by Gasteiger charge is -2.39. The van der Waals surface area contributed by atoms with Gasteiger partial charge in [0.15, 0.2) is 0 Å². The molecule has 0 saturated carbocycles.